The van der Waals surface area contributed by atoms with E-state index in [1.807, 2.05) is 12.1 Å². The van der Waals surface area contributed by atoms with Crippen LogP contribution < -0.4 is 11.3 Å². The molecule has 0 heterocycles. The Balaban J connectivity index is 3.26. The molecule has 2 nitrogen and oxygen atoms in total. The number of nitrogen functional groups attached to an aromatic ring is 1. The summed E-state index contributed by atoms with van der Waals surface area (Å²) in [6.07, 6.45) is 2.14. The van der Waals surface area contributed by atoms with Gasteiger partial charge in [0.2, 0.25) is 0 Å². The van der Waals surface area contributed by atoms with Gasteiger partial charge in [0.15, 0.2) is 0 Å². The molecular weight excluding hydrogens is 208 g/mol. The standard InChI is InChI=1S/C12H19ClN2/c1-4-5-10-11(8(2)3)6-9(13)7-12(10)15-14/h6-8,15H,4-5,14H2,1-3H3. The van der Waals surface area contributed by atoms with Crippen LogP contribution in [0.3, 0.4) is 0 Å². The third kappa shape index (κ3) is 2.86. The normalized spacial score (nSPS) is 10.8. The molecule has 0 radical (unpaired) electrons. The Labute approximate surface area is 96.8 Å². The van der Waals surface area contributed by atoms with Gasteiger partial charge >= 0.3 is 0 Å². The van der Waals surface area contributed by atoms with Crippen LogP contribution in [0.1, 0.15) is 44.2 Å². The molecule has 0 amide bonds. The Kier molecular flexibility index (Phi) is 4.43. The molecule has 0 aliphatic rings. The lowest BCUT2D eigenvalue weighted by Gasteiger charge is -2.17. The molecule has 0 atom stereocenters. The van der Waals surface area contributed by atoms with E-state index in [1.165, 1.54) is 11.1 Å². The van der Waals surface area contributed by atoms with Gasteiger partial charge in [0.25, 0.3) is 0 Å². The third-order valence-corrected chi connectivity index (χ3v) is 2.74. The highest BCUT2D eigenvalue weighted by Gasteiger charge is 2.11. The lowest BCUT2D eigenvalue weighted by atomic mass is 9.93. The van der Waals surface area contributed by atoms with Crippen LogP contribution in [0, 0.1) is 0 Å². The zero-order valence-electron chi connectivity index (χ0n) is 9.60. The van der Waals surface area contributed by atoms with Crippen LogP contribution in [-0.4, -0.2) is 0 Å². The van der Waals surface area contributed by atoms with Crippen molar-refractivity contribution in [3.8, 4) is 0 Å². The van der Waals surface area contributed by atoms with Gasteiger partial charge in [0, 0.05) is 5.02 Å². The lowest BCUT2D eigenvalue weighted by molar-refractivity contribution is 0.821. The molecule has 1 rings (SSSR count). The number of halogens is 1. The maximum absolute atomic E-state index is 6.05. The van der Waals surface area contributed by atoms with Crippen LogP contribution in [0.25, 0.3) is 0 Å². The van der Waals surface area contributed by atoms with Crippen molar-refractivity contribution < 1.29 is 0 Å². The summed E-state index contributed by atoms with van der Waals surface area (Å²) in [6.45, 7) is 6.51. The Hall–Kier alpha value is -0.730. The quantitative estimate of drug-likeness (QED) is 0.607. The summed E-state index contributed by atoms with van der Waals surface area (Å²) in [5, 5.41) is 0.742. The van der Waals surface area contributed by atoms with Crippen molar-refractivity contribution in [2.24, 2.45) is 5.84 Å². The number of rotatable bonds is 4. The van der Waals surface area contributed by atoms with Crippen molar-refractivity contribution in [3.05, 3.63) is 28.3 Å². The van der Waals surface area contributed by atoms with Gasteiger partial charge in [0.1, 0.15) is 0 Å². The first-order valence-corrected chi connectivity index (χ1v) is 5.76. The predicted molar refractivity (Wildman–Crippen MR) is 67.3 cm³/mol. The van der Waals surface area contributed by atoms with E-state index in [-0.39, 0.29) is 0 Å². The highest BCUT2D eigenvalue weighted by Crippen LogP contribution is 2.30. The van der Waals surface area contributed by atoms with E-state index in [0.29, 0.717) is 5.92 Å². The molecule has 0 saturated carbocycles. The average Bonchev–Trinajstić information content (AvgIpc) is 2.19. The Morgan fingerprint density at radius 2 is 2.07 bits per heavy atom. The summed E-state index contributed by atoms with van der Waals surface area (Å²) in [5.41, 5.74) is 6.26. The summed E-state index contributed by atoms with van der Waals surface area (Å²) in [6, 6.07) is 3.93. The van der Waals surface area contributed by atoms with Gasteiger partial charge in [-0.15, -0.1) is 0 Å². The fraction of sp³-hybridized carbons (Fsp3) is 0.500. The molecule has 15 heavy (non-hydrogen) atoms. The molecule has 0 saturated heterocycles. The van der Waals surface area contributed by atoms with E-state index >= 15 is 0 Å². The molecule has 0 aromatic heterocycles. The molecule has 1 aromatic carbocycles. The number of hydrazine groups is 1. The van der Waals surface area contributed by atoms with Crippen molar-refractivity contribution in [1.82, 2.24) is 0 Å². The van der Waals surface area contributed by atoms with Crippen LogP contribution in [-0.2, 0) is 6.42 Å². The van der Waals surface area contributed by atoms with Gasteiger partial charge in [0.05, 0.1) is 5.69 Å². The molecule has 3 heteroatoms. The van der Waals surface area contributed by atoms with E-state index in [2.05, 4.69) is 26.2 Å². The zero-order chi connectivity index (χ0) is 11.4. The highest BCUT2D eigenvalue weighted by molar-refractivity contribution is 6.31. The van der Waals surface area contributed by atoms with E-state index in [4.69, 9.17) is 17.4 Å². The Bertz CT molecular complexity index is 335. The lowest BCUT2D eigenvalue weighted by Crippen LogP contribution is -2.11. The predicted octanol–water partition coefficient (Wildman–Crippen LogP) is 3.70. The number of nitrogens with two attached hydrogens (primary N) is 1. The van der Waals surface area contributed by atoms with E-state index in [1.54, 1.807) is 0 Å². The summed E-state index contributed by atoms with van der Waals surface area (Å²) < 4.78 is 0. The maximum atomic E-state index is 6.05. The Morgan fingerprint density at radius 3 is 2.53 bits per heavy atom. The molecule has 0 fully saturated rings. The first kappa shape index (κ1) is 12.3. The van der Waals surface area contributed by atoms with Gasteiger partial charge < -0.3 is 5.43 Å². The smallest absolute Gasteiger partial charge is 0.0534 e. The first-order chi connectivity index (χ1) is 7.10. The van der Waals surface area contributed by atoms with Crippen molar-refractivity contribution in [2.75, 3.05) is 5.43 Å². The first-order valence-electron chi connectivity index (χ1n) is 5.39. The van der Waals surface area contributed by atoms with Gasteiger partial charge in [-0.3, -0.25) is 5.84 Å². The Morgan fingerprint density at radius 1 is 1.40 bits per heavy atom. The molecule has 84 valence electrons. The number of hydrogen-bond acceptors (Lipinski definition) is 2. The second-order valence-corrected chi connectivity index (χ2v) is 4.51. The topological polar surface area (TPSA) is 38.0 Å². The van der Waals surface area contributed by atoms with E-state index < -0.39 is 0 Å². The van der Waals surface area contributed by atoms with Gasteiger partial charge in [-0.2, -0.15) is 0 Å². The highest BCUT2D eigenvalue weighted by atomic mass is 35.5. The van der Waals surface area contributed by atoms with Crippen LogP contribution in [0.5, 0.6) is 0 Å². The minimum atomic E-state index is 0.470. The molecule has 1 aromatic rings. The molecule has 0 unspecified atom stereocenters. The minimum Gasteiger partial charge on any atom is -0.324 e. The number of benzene rings is 1. The number of hydrogen-bond donors (Lipinski definition) is 2. The number of anilines is 1. The van der Waals surface area contributed by atoms with Gasteiger partial charge in [-0.1, -0.05) is 38.8 Å². The largest absolute Gasteiger partial charge is 0.324 e. The fourth-order valence-electron chi connectivity index (χ4n) is 1.83. The van der Waals surface area contributed by atoms with Crippen molar-refractivity contribution in [1.29, 1.82) is 0 Å². The van der Waals surface area contributed by atoms with Crippen LogP contribution >= 0.6 is 11.6 Å². The van der Waals surface area contributed by atoms with Crippen LogP contribution in [0.2, 0.25) is 5.02 Å². The summed E-state index contributed by atoms with van der Waals surface area (Å²) >= 11 is 6.05. The van der Waals surface area contributed by atoms with Crippen molar-refractivity contribution in [2.45, 2.75) is 39.5 Å². The van der Waals surface area contributed by atoms with Crippen LogP contribution in [0.4, 0.5) is 5.69 Å². The maximum Gasteiger partial charge on any atom is 0.0534 e. The van der Waals surface area contributed by atoms with Gasteiger partial charge in [-0.05, 0) is 35.6 Å². The molecule has 0 bridgehead atoms. The van der Waals surface area contributed by atoms with Gasteiger partial charge in [-0.25, -0.2) is 0 Å². The fourth-order valence-corrected chi connectivity index (χ4v) is 2.06. The molecule has 3 N–H and O–H groups in total. The van der Waals surface area contributed by atoms with Crippen LogP contribution in [0.15, 0.2) is 12.1 Å². The zero-order valence-corrected chi connectivity index (χ0v) is 10.4. The van der Waals surface area contributed by atoms with E-state index in [0.717, 1.165) is 23.6 Å². The SMILES string of the molecule is CCCc1c(NN)cc(Cl)cc1C(C)C. The summed E-state index contributed by atoms with van der Waals surface area (Å²) in [4.78, 5) is 0. The summed E-state index contributed by atoms with van der Waals surface area (Å²) in [5.74, 6) is 5.98. The third-order valence-electron chi connectivity index (χ3n) is 2.53. The average molecular weight is 227 g/mol. The van der Waals surface area contributed by atoms with Crippen molar-refractivity contribution in [3.63, 3.8) is 0 Å². The molecule has 0 spiro atoms. The molecule has 0 aliphatic carbocycles. The molecule has 0 aliphatic heterocycles. The summed E-state index contributed by atoms with van der Waals surface area (Å²) in [7, 11) is 0. The second kappa shape index (κ2) is 5.38. The van der Waals surface area contributed by atoms with E-state index in [9.17, 15) is 0 Å². The minimum absolute atomic E-state index is 0.470. The monoisotopic (exact) mass is 226 g/mol. The second-order valence-electron chi connectivity index (χ2n) is 4.07. The van der Waals surface area contributed by atoms with Crippen molar-refractivity contribution >= 4 is 17.3 Å². The molecular formula is C12H19ClN2. The number of nitrogens with one attached hydrogen (secondary N) is 1.